The Kier molecular flexibility index (Phi) is 4.26. The van der Waals surface area contributed by atoms with Gasteiger partial charge in [0.25, 0.3) is 11.8 Å². The van der Waals surface area contributed by atoms with Crippen LogP contribution >= 0.6 is 0 Å². The maximum atomic E-state index is 12.3. The van der Waals surface area contributed by atoms with Crippen molar-refractivity contribution in [3.63, 3.8) is 0 Å². The van der Waals surface area contributed by atoms with Gasteiger partial charge in [-0.05, 0) is 29.7 Å². The van der Waals surface area contributed by atoms with Crippen LogP contribution in [-0.2, 0) is 6.42 Å². The summed E-state index contributed by atoms with van der Waals surface area (Å²) in [7, 11) is 0. The van der Waals surface area contributed by atoms with E-state index in [-0.39, 0.29) is 17.8 Å². The molecule has 128 valence electrons. The number of anilines is 1. The molecule has 0 atom stereocenters. The van der Waals surface area contributed by atoms with E-state index in [2.05, 4.69) is 32.8 Å². The lowest BCUT2D eigenvalue weighted by molar-refractivity contribution is 0.102. The highest BCUT2D eigenvalue weighted by molar-refractivity contribution is 6.03. The van der Waals surface area contributed by atoms with Crippen LogP contribution in [0.2, 0.25) is 0 Å². The van der Waals surface area contributed by atoms with Gasteiger partial charge in [0, 0.05) is 11.6 Å². The Morgan fingerprint density at radius 2 is 1.69 bits per heavy atom. The van der Waals surface area contributed by atoms with Crippen molar-refractivity contribution in [2.24, 2.45) is 0 Å². The number of benzene rings is 2. The molecule has 0 bridgehead atoms. The van der Waals surface area contributed by atoms with Crippen molar-refractivity contribution in [2.75, 3.05) is 5.32 Å². The zero-order valence-corrected chi connectivity index (χ0v) is 13.6. The van der Waals surface area contributed by atoms with E-state index in [9.17, 15) is 4.79 Å². The van der Waals surface area contributed by atoms with E-state index in [0.717, 1.165) is 12.0 Å². The maximum Gasteiger partial charge on any atom is 0.322 e. The SMILES string of the molecule is O=C(Nc1nnc(-c2ccno2)o1)c1ccc(Cc2ccccc2)cc1. The third-order valence-electron chi connectivity index (χ3n) is 3.76. The first-order chi connectivity index (χ1) is 12.8. The van der Waals surface area contributed by atoms with E-state index in [1.54, 1.807) is 18.2 Å². The molecule has 2 aromatic heterocycles. The fourth-order valence-corrected chi connectivity index (χ4v) is 2.47. The molecule has 4 aromatic rings. The average molecular weight is 346 g/mol. The molecule has 7 nitrogen and oxygen atoms in total. The van der Waals surface area contributed by atoms with Gasteiger partial charge in [-0.25, -0.2) is 0 Å². The number of hydrogen-bond acceptors (Lipinski definition) is 6. The number of carbonyl (C=O) groups is 1. The molecule has 1 amide bonds. The summed E-state index contributed by atoms with van der Waals surface area (Å²) in [4.78, 5) is 12.3. The first-order valence-corrected chi connectivity index (χ1v) is 7.97. The van der Waals surface area contributed by atoms with E-state index in [1.807, 2.05) is 30.3 Å². The van der Waals surface area contributed by atoms with Crippen molar-refractivity contribution in [1.82, 2.24) is 15.4 Å². The van der Waals surface area contributed by atoms with Gasteiger partial charge in [-0.2, -0.15) is 0 Å². The summed E-state index contributed by atoms with van der Waals surface area (Å²) in [6, 6.07) is 19.1. The third-order valence-corrected chi connectivity index (χ3v) is 3.76. The second-order valence-electron chi connectivity index (χ2n) is 5.60. The van der Waals surface area contributed by atoms with Crippen molar-refractivity contribution >= 4 is 11.9 Å². The van der Waals surface area contributed by atoms with Crippen LogP contribution in [0.15, 0.2) is 75.8 Å². The Hall–Kier alpha value is -3.74. The summed E-state index contributed by atoms with van der Waals surface area (Å²) in [6.07, 6.45) is 2.28. The Morgan fingerprint density at radius 3 is 2.42 bits per heavy atom. The second-order valence-corrected chi connectivity index (χ2v) is 5.60. The van der Waals surface area contributed by atoms with Gasteiger partial charge in [0.15, 0.2) is 0 Å². The number of nitrogens with zero attached hydrogens (tertiary/aromatic N) is 3. The molecule has 0 spiro atoms. The monoisotopic (exact) mass is 346 g/mol. The standard InChI is InChI=1S/C19H14N4O3/c24-17(21-19-23-22-18(25-19)16-10-11-20-26-16)15-8-6-14(7-9-15)12-13-4-2-1-3-5-13/h1-11H,12H2,(H,21,23,24). The summed E-state index contributed by atoms with van der Waals surface area (Å²) in [5, 5.41) is 13.7. The highest BCUT2D eigenvalue weighted by atomic mass is 16.5. The molecule has 2 heterocycles. The zero-order valence-electron chi connectivity index (χ0n) is 13.6. The molecule has 0 saturated carbocycles. The Bertz CT molecular complexity index is 993. The van der Waals surface area contributed by atoms with Crippen molar-refractivity contribution in [3.05, 3.63) is 83.6 Å². The van der Waals surface area contributed by atoms with E-state index < -0.39 is 0 Å². The molecule has 26 heavy (non-hydrogen) atoms. The Balaban J connectivity index is 1.42. The number of amides is 1. The number of hydrogen-bond donors (Lipinski definition) is 1. The van der Waals surface area contributed by atoms with E-state index in [0.29, 0.717) is 11.3 Å². The fraction of sp³-hybridized carbons (Fsp3) is 0.0526. The largest absolute Gasteiger partial charge is 0.400 e. The van der Waals surface area contributed by atoms with Crippen LogP contribution in [-0.4, -0.2) is 21.3 Å². The third kappa shape index (κ3) is 3.51. The molecule has 7 heteroatoms. The zero-order chi connectivity index (χ0) is 17.8. The predicted octanol–water partition coefficient (Wildman–Crippen LogP) is 3.57. The summed E-state index contributed by atoms with van der Waals surface area (Å²) >= 11 is 0. The predicted molar refractivity (Wildman–Crippen MR) is 93.4 cm³/mol. The van der Waals surface area contributed by atoms with Gasteiger partial charge in [-0.1, -0.05) is 52.7 Å². The molecular formula is C19H14N4O3. The Labute approximate surface area is 148 Å². The molecule has 0 saturated heterocycles. The van der Waals surface area contributed by atoms with Crippen LogP contribution in [0.1, 0.15) is 21.5 Å². The molecule has 2 aromatic carbocycles. The van der Waals surface area contributed by atoms with Crippen LogP contribution in [0.5, 0.6) is 0 Å². The molecule has 0 unspecified atom stereocenters. The highest BCUT2D eigenvalue weighted by Crippen LogP contribution is 2.19. The van der Waals surface area contributed by atoms with Crippen LogP contribution in [0.4, 0.5) is 6.01 Å². The van der Waals surface area contributed by atoms with Crippen LogP contribution < -0.4 is 5.32 Å². The highest BCUT2D eigenvalue weighted by Gasteiger charge is 2.14. The molecule has 0 fully saturated rings. The van der Waals surface area contributed by atoms with Gasteiger partial charge in [-0.15, -0.1) is 5.10 Å². The maximum absolute atomic E-state index is 12.3. The fourth-order valence-electron chi connectivity index (χ4n) is 2.47. The molecule has 0 aliphatic rings. The van der Waals surface area contributed by atoms with Crippen LogP contribution in [0.25, 0.3) is 11.7 Å². The van der Waals surface area contributed by atoms with Gasteiger partial charge >= 0.3 is 6.01 Å². The molecule has 1 N–H and O–H groups in total. The quantitative estimate of drug-likeness (QED) is 0.594. The number of nitrogens with one attached hydrogen (secondary N) is 1. The molecule has 0 radical (unpaired) electrons. The van der Waals surface area contributed by atoms with Crippen molar-refractivity contribution in [2.45, 2.75) is 6.42 Å². The lowest BCUT2D eigenvalue weighted by Crippen LogP contribution is -2.12. The lowest BCUT2D eigenvalue weighted by atomic mass is 10.0. The van der Waals surface area contributed by atoms with Crippen molar-refractivity contribution in [3.8, 4) is 11.7 Å². The lowest BCUT2D eigenvalue weighted by Gasteiger charge is -2.04. The summed E-state index contributed by atoms with van der Waals surface area (Å²) in [5.74, 6) is 0.156. The average Bonchev–Trinajstić information content (AvgIpc) is 3.35. The van der Waals surface area contributed by atoms with Gasteiger partial charge in [0.05, 0.1) is 6.20 Å². The van der Waals surface area contributed by atoms with Gasteiger partial charge < -0.3 is 8.94 Å². The minimum atomic E-state index is -0.330. The minimum absolute atomic E-state index is 0.00485. The molecule has 0 aliphatic carbocycles. The van der Waals surface area contributed by atoms with Crippen molar-refractivity contribution in [1.29, 1.82) is 0 Å². The Morgan fingerprint density at radius 1 is 0.923 bits per heavy atom. The second kappa shape index (κ2) is 7.02. The minimum Gasteiger partial charge on any atom is -0.400 e. The van der Waals surface area contributed by atoms with Crippen LogP contribution in [0.3, 0.4) is 0 Å². The van der Waals surface area contributed by atoms with Crippen LogP contribution in [0, 0.1) is 0 Å². The van der Waals surface area contributed by atoms with E-state index in [4.69, 9.17) is 8.94 Å². The van der Waals surface area contributed by atoms with Gasteiger partial charge in [0.2, 0.25) is 5.76 Å². The topological polar surface area (TPSA) is 94.1 Å². The first kappa shape index (κ1) is 15.8. The van der Waals surface area contributed by atoms with Gasteiger partial charge in [0.1, 0.15) is 0 Å². The first-order valence-electron chi connectivity index (χ1n) is 7.97. The number of rotatable bonds is 5. The molecule has 0 aliphatic heterocycles. The molecule has 4 rings (SSSR count). The van der Waals surface area contributed by atoms with E-state index in [1.165, 1.54) is 11.8 Å². The number of carbonyl (C=O) groups excluding carboxylic acids is 1. The summed E-state index contributed by atoms with van der Waals surface area (Å²) in [6.45, 7) is 0. The summed E-state index contributed by atoms with van der Waals surface area (Å²) < 4.78 is 10.3. The molecular weight excluding hydrogens is 332 g/mol. The van der Waals surface area contributed by atoms with Gasteiger partial charge in [-0.3, -0.25) is 10.1 Å². The number of aromatic nitrogens is 3. The van der Waals surface area contributed by atoms with Crippen molar-refractivity contribution < 1.29 is 13.7 Å². The smallest absolute Gasteiger partial charge is 0.322 e. The van der Waals surface area contributed by atoms with E-state index >= 15 is 0 Å². The normalized spacial score (nSPS) is 10.6. The summed E-state index contributed by atoms with van der Waals surface area (Å²) in [5.41, 5.74) is 2.84.